The molecule has 1 aliphatic rings. The van der Waals surface area contributed by atoms with Crippen molar-refractivity contribution < 1.29 is 4.74 Å². The van der Waals surface area contributed by atoms with E-state index in [9.17, 15) is 0 Å². The molecule has 0 aliphatic carbocycles. The SMILES string of the molecule is Br.COc1ccc(-c2csc(NNC3=NCCC3)n2)cc1. The van der Waals surface area contributed by atoms with Crippen LogP contribution >= 0.6 is 28.3 Å². The summed E-state index contributed by atoms with van der Waals surface area (Å²) in [5.74, 6) is 1.86. The Balaban J connectivity index is 0.00000161. The molecule has 0 spiro atoms. The van der Waals surface area contributed by atoms with Crippen LogP contribution in [-0.2, 0) is 0 Å². The molecule has 5 nitrogen and oxygen atoms in total. The van der Waals surface area contributed by atoms with Crippen molar-refractivity contribution in [3.8, 4) is 17.0 Å². The smallest absolute Gasteiger partial charge is 0.202 e. The molecular weight excluding hydrogens is 352 g/mol. The second-order valence-corrected chi connectivity index (χ2v) is 5.31. The van der Waals surface area contributed by atoms with Crippen LogP contribution in [0.15, 0.2) is 34.6 Å². The van der Waals surface area contributed by atoms with E-state index in [4.69, 9.17) is 4.74 Å². The molecule has 0 unspecified atom stereocenters. The number of ether oxygens (including phenoxy) is 1. The van der Waals surface area contributed by atoms with Gasteiger partial charge in [-0.2, -0.15) is 0 Å². The summed E-state index contributed by atoms with van der Waals surface area (Å²) in [6, 6.07) is 7.89. The van der Waals surface area contributed by atoms with Gasteiger partial charge in [-0.15, -0.1) is 28.3 Å². The Labute approximate surface area is 138 Å². The number of methoxy groups -OCH3 is 1. The lowest BCUT2D eigenvalue weighted by Gasteiger charge is -2.05. The Hall–Kier alpha value is -1.60. The minimum absolute atomic E-state index is 0. The van der Waals surface area contributed by atoms with Crippen LogP contribution in [-0.4, -0.2) is 24.5 Å². The molecule has 0 saturated heterocycles. The van der Waals surface area contributed by atoms with Gasteiger partial charge in [0.1, 0.15) is 11.6 Å². The molecule has 21 heavy (non-hydrogen) atoms. The number of aromatic nitrogens is 1. The molecule has 0 saturated carbocycles. The van der Waals surface area contributed by atoms with Crippen LogP contribution in [0.1, 0.15) is 12.8 Å². The monoisotopic (exact) mass is 368 g/mol. The Bertz CT molecular complexity index is 612. The summed E-state index contributed by atoms with van der Waals surface area (Å²) >= 11 is 1.57. The summed E-state index contributed by atoms with van der Waals surface area (Å²) in [6.45, 7) is 0.916. The molecule has 2 heterocycles. The van der Waals surface area contributed by atoms with Gasteiger partial charge in [0.05, 0.1) is 12.8 Å². The number of thiazole rings is 1. The van der Waals surface area contributed by atoms with E-state index in [0.29, 0.717) is 0 Å². The number of amidine groups is 1. The molecule has 0 atom stereocenters. The number of nitrogens with one attached hydrogen (secondary N) is 2. The van der Waals surface area contributed by atoms with Crippen LogP contribution in [0.25, 0.3) is 11.3 Å². The van der Waals surface area contributed by atoms with Gasteiger partial charge in [0, 0.05) is 23.9 Å². The van der Waals surface area contributed by atoms with Gasteiger partial charge >= 0.3 is 0 Å². The van der Waals surface area contributed by atoms with E-state index >= 15 is 0 Å². The Morgan fingerprint density at radius 3 is 2.67 bits per heavy atom. The highest BCUT2D eigenvalue weighted by Crippen LogP contribution is 2.26. The van der Waals surface area contributed by atoms with Crippen LogP contribution in [0.2, 0.25) is 0 Å². The summed E-state index contributed by atoms with van der Waals surface area (Å²) in [4.78, 5) is 8.89. The molecule has 112 valence electrons. The predicted octanol–water partition coefficient (Wildman–Crippen LogP) is 3.51. The number of aliphatic imine (C=N–C) groups is 1. The van der Waals surface area contributed by atoms with Gasteiger partial charge in [-0.3, -0.25) is 15.8 Å². The zero-order valence-electron chi connectivity index (χ0n) is 11.6. The average Bonchev–Trinajstić information content (AvgIpc) is 3.17. The van der Waals surface area contributed by atoms with Gasteiger partial charge in [0.15, 0.2) is 0 Å². The fourth-order valence-corrected chi connectivity index (χ4v) is 2.67. The molecule has 1 aromatic carbocycles. The van der Waals surface area contributed by atoms with E-state index in [-0.39, 0.29) is 17.0 Å². The van der Waals surface area contributed by atoms with Crippen molar-refractivity contribution in [1.29, 1.82) is 0 Å². The third-order valence-electron chi connectivity index (χ3n) is 3.08. The molecule has 2 N–H and O–H groups in total. The van der Waals surface area contributed by atoms with Crippen molar-refractivity contribution in [3.05, 3.63) is 29.6 Å². The third kappa shape index (κ3) is 3.95. The third-order valence-corrected chi connectivity index (χ3v) is 3.84. The zero-order valence-corrected chi connectivity index (χ0v) is 14.2. The van der Waals surface area contributed by atoms with Gasteiger partial charge in [-0.1, -0.05) is 0 Å². The van der Waals surface area contributed by atoms with Crippen molar-refractivity contribution in [3.63, 3.8) is 0 Å². The fraction of sp³-hybridized carbons (Fsp3) is 0.286. The lowest BCUT2D eigenvalue weighted by atomic mass is 10.2. The van der Waals surface area contributed by atoms with Crippen LogP contribution in [0.5, 0.6) is 5.75 Å². The average molecular weight is 369 g/mol. The summed E-state index contributed by atoms with van der Waals surface area (Å²) in [5.41, 5.74) is 8.24. The Kier molecular flexibility index (Phi) is 5.58. The van der Waals surface area contributed by atoms with Gasteiger partial charge in [-0.05, 0) is 30.7 Å². The van der Waals surface area contributed by atoms with E-state index in [0.717, 1.165) is 47.4 Å². The Morgan fingerprint density at radius 2 is 2.00 bits per heavy atom. The van der Waals surface area contributed by atoms with Gasteiger partial charge in [-0.25, -0.2) is 4.98 Å². The van der Waals surface area contributed by atoms with Crippen LogP contribution < -0.4 is 15.6 Å². The summed E-state index contributed by atoms with van der Waals surface area (Å²) in [7, 11) is 1.66. The maximum absolute atomic E-state index is 5.15. The largest absolute Gasteiger partial charge is 0.497 e. The van der Waals surface area contributed by atoms with Crippen molar-refractivity contribution in [1.82, 2.24) is 10.4 Å². The van der Waals surface area contributed by atoms with E-state index in [2.05, 4.69) is 20.8 Å². The summed E-state index contributed by atoms with van der Waals surface area (Å²) < 4.78 is 5.15. The number of rotatable bonds is 4. The van der Waals surface area contributed by atoms with Crippen LogP contribution in [0.4, 0.5) is 5.13 Å². The lowest BCUT2D eigenvalue weighted by Crippen LogP contribution is -2.27. The van der Waals surface area contributed by atoms with Crippen molar-refractivity contribution >= 4 is 39.3 Å². The van der Waals surface area contributed by atoms with E-state index in [1.165, 1.54) is 0 Å². The molecule has 0 amide bonds. The van der Waals surface area contributed by atoms with Crippen molar-refractivity contribution in [2.45, 2.75) is 12.8 Å². The number of benzene rings is 1. The van der Waals surface area contributed by atoms with Crippen LogP contribution in [0, 0.1) is 0 Å². The number of nitrogens with zero attached hydrogens (tertiary/aromatic N) is 2. The number of hydrogen-bond donors (Lipinski definition) is 2. The molecular formula is C14H17BrN4OS. The summed E-state index contributed by atoms with van der Waals surface area (Å²) in [5, 5.41) is 2.87. The van der Waals surface area contributed by atoms with Crippen molar-refractivity contribution in [2.75, 3.05) is 19.1 Å². The first-order chi connectivity index (χ1) is 9.85. The van der Waals surface area contributed by atoms with Gasteiger partial charge < -0.3 is 4.74 Å². The Morgan fingerprint density at radius 1 is 1.19 bits per heavy atom. The quantitative estimate of drug-likeness (QED) is 0.810. The molecule has 3 rings (SSSR count). The van der Waals surface area contributed by atoms with E-state index < -0.39 is 0 Å². The number of hydrogen-bond acceptors (Lipinski definition) is 6. The summed E-state index contributed by atoms with van der Waals surface area (Å²) in [6.07, 6.45) is 2.13. The topological polar surface area (TPSA) is 58.5 Å². The maximum atomic E-state index is 5.15. The zero-order chi connectivity index (χ0) is 13.8. The second-order valence-electron chi connectivity index (χ2n) is 4.45. The standard InChI is InChI=1S/C14H16N4OS.BrH/c1-19-11-6-4-10(5-7-11)12-9-20-14(16-12)18-17-13-3-2-8-15-13;/h4-7,9H,2-3,8H2,1H3,(H,15,17)(H,16,18);1H. The molecule has 0 radical (unpaired) electrons. The molecule has 0 fully saturated rings. The molecule has 0 bridgehead atoms. The van der Waals surface area contributed by atoms with Gasteiger partial charge in [0.2, 0.25) is 5.13 Å². The predicted molar refractivity (Wildman–Crippen MR) is 92.7 cm³/mol. The highest BCUT2D eigenvalue weighted by atomic mass is 79.9. The first kappa shape index (κ1) is 15.8. The number of halogens is 1. The normalized spacial score (nSPS) is 13.3. The maximum Gasteiger partial charge on any atom is 0.202 e. The molecule has 7 heteroatoms. The van der Waals surface area contributed by atoms with Crippen molar-refractivity contribution in [2.24, 2.45) is 4.99 Å². The molecule has 1 aliphatic heterocycles. The van der Waals surface area contributed by atoms with Gasteiger partial charge in [0.25, 0.3) is 0 Å². The minimum atomic E-state index is 0. The fourth-order valence-electron chi connectivity index (χ4n) is 1.99. The van der Waals surface area contributed by atoms with E-state index in [1.807, 2.05) is 29.6 Å². The highest BCUT2D eigenvalue weighted by molar-refractivity contribution is 8.93. The van der Waals surface area contributed by atoms with E-state index in [1.54, 1.807) is 18.4 Å². The van der Waals surface area contributed by atoms with Crippen LogP contribution in [0.3, 0.4) is 0 Å². The number of anilines is 1. The molecule has 1 aromatic heterocycles. The second kappa shape index (κ2) is 7.42. The minimum Gasteiger partial charge on any atom is -0.497 e. The first-order valence-corrected chi connectivity index (χ1v) is 7.38. The highest BCUT2D eigenvalue weighted by Gasteiger charge is 2.07. The number of hydrazine groups is 1. The lowest BCUT2D eigenvalue weighted by molar-refractivity contribution is 0.415. The first-order valence-electron chi connectivity index (χ1n) is 6.50. The molecule has 2 aromatic rings.